The summed E-state index contributed by atoms with van der Waals surface area (Å²) in [4.78, 5) is 14.5. The molecule has 0 fully saturated rings. The Morgan fingerprint density at radius 2 is 1.77 bits per heavy atom. The van der Waals surface area contributed by atoms with Gasteiger partial charge in [0, 0.05) is 37.5 Å². The molecule has 2 rings (SSSR count). The zero-order chi connectivity index (χ0) is 19.1. The van der Waals surface area contributed by atoms with Gasteiger partial charge in [-0.1, -0.05) is 38.1 Å². The van der Waals surface area contributed by atoms with E-state index in [0.29, 0.717) is 6.54 Å². The normalized spacial score (nSPS) is 11.5. The molecule has 0 bridgehead atoms. The molecule has 5 heteroatoms. The lowest BCUT2D eigenvalue weighted by atomic mass is 10.1. The molecule has 0 saturated heterocycles. The Morgan fingerprint density at radius 1 is 1.15 bits per heavy atom. The van der Waals surface area contributed by atoms with Crippen LogP contribution >= 0.6 is 0 Å². The van der Waals surface area contributed by atoms with E-state index in [1.165, 1.54) is 5.56 Å². The number of rotatable bonds is 8. The van der Waals surface area contributed by atoms with Gasteiger partial charge in [0.1, 0.15) is 0 Å². The van der Waals surface area contributed by atoms with Gasteiger partial charge in [0.2, 0.25) is 5.91 Å². The fourth-order valence-electron chi connectivity index (χ4n) is 2.91. The van der Waals surface area contributed by atoms with E-state index in [0.717, 1.165) is 42.1 Å². The highest BCUT2D eigenvalue weighted by Crippen LogP contribution is 2.13. The molecule has 2 aromatic rings. The Balaban J connectivity index is 1.88. The van der Waals surface area contributed by atoms with Crippen LogP contribution in [-0.2, 0) is 24.9 Å². The van der Waals surface area contributed by atoms with Crippen molar-refractivity contribution in [2.45, 2.75) is 40.8 Å². The van der Waals surface area contributed by atoms with Gasteiger partial charge < -0.3 is 5.32 Å². The van der Waals surface area contributed by atoms with Crippen molar-refractivity contribution in [3.8, 4) is 0 Å². The van der Waals surface area contributed by atoms with Crippen molar-refractivity contribution < 1.29 is 4.79 Å². The number of nitrogens with zero attached hydrogens (tertiary/aromatic N) is 3. The summed E-state index contributed by atoms with van der Waals surface area (Å²) in [5.74, 6) is -0.0973. The van der Waals surface area contributed by atoms with Gasteiger partial charge in [0.05, 0.1) is 5.69 Å². The third-order valence-electron chi connectivity index (χ3n) is 4.76. The summed E-state index contributed by atoms with van der Waals surface area (Å²) in [7, 11) is 1.91. The van der Waals surface area contributed by atoms with Gasteiger partial charge >= 0.3 is 0 Å². The number of hydrogen-bond donors (Lipinski definition) is 1. The molecule has 1 N–H and O–H groups in total. The van der Waals surface area contributed by atoms with E-state index in [9.17, 15) is 4.79 Å². The van der Waals surface area contributed by atoms with Gasteiger partial charge in [-0.3, -0.25) is 14.4 Å². The smallest absolute Gasteiger partial charge is 0.244 e. The van der Waals surface area contributed by atoms with Gasteiger partial charge in [0.15, 0.2) is 0 Å². The molecule has 1 amide bonds. The molecule has 26 heavy (non-hydrogen) atoms. The molecular weight excluding hydrogens is 324 g/mol. The molecule has 1 heterocycles. The van der Waals surface area contributed by atoms with E-state index >= 15 is 0 Å². The second kappa shape index (κ2) is 9.34. The highest BCUT2D eigenvalue weighted by Gasteiger charge is 2.06. The van der Waals surface area contributed by atoms with Gasteiger partial charge in [-0.2, -0.15) is 5.10 Å². The zero-order valence-electron chi connectivity index (χ0n) is 16.5. The molecular formula is C21H30N4O. The maximum absolute atomic E-state index is 12.1. The Kier molecular flexibility index (Phi) is 7.16. The third kappa shape index (κ3) is 5.30. The predicted molar refractivity (Wildman–Crippen MR) is 107 cm³/mol. The van der Waals surface area contributed by atoms with Crippen LogP contribution < -0.4 is 5.32 Å². The van der Waals surface area contributed by atoms with Crippen molar-refractivity contribution in [1.29, 1.82) is 0 Å². The number of amides is 1. The molecule has 5 nitrogen and oxygen atoms in total. The molecule has 0 aliphatic heterocycles. The van der Waals surface area contributed by atoms with E-state index in [4.69, 9.17) is 0 Å². The standard InChI is InChI=1S/C21H30N4O/c1-6-25(7-2)15-19-10-8-18(9-11-19)14-22-21(26)13-12-20-16(3)23-24(5)17(20)4/h8-13H,6-7,14-15H2,1-5H3,(H,22,26)/b13-12+. The maximum atomic E-state index is 12.1. The van der Waals surface area contributed by atoms with Crippen LogP contribution in [0.2, 0.25) is 0 Å². The minimum atomic E-state index is -0.0973. The second-order valence-electron chi connectivity index (χ2n) is 6.54. The summed E-state index contributed by atoms with van der Waals surface area (Å²) < 4.78 is 1.83. The molecule has 0 aliphatic carbocycles. The average Bonchev–Trinajstić information content (AvgIpc) is 2.89. The summed E-state index contributed by atoms with van der Waals surface area (Å²) in [6.07, 6.45) is 3.41. The van der Waals surface area contributed by atoms with Crippen molar-refractivity contribution in [2.75, 3.05) is 13.1 Å². The SMILES string of the molecule is CCN(CC)Cc1ccc(CNC(=O)/C=C/c2c(C)nn(C)c2C)cc1. The minimum absolute atomic E-state index is 0.0973. The largest absolute Gasteiger partial charge is 0.348 e. The van der Waals surface area contributed by atoms with Crippen LogP contribution in [0.25, 0.3) is 6.08 Å². The minimum Gasteiger partial charge on any atom is -0.348 e. The van der Waals surface area contributed by atoms with E-state index in [1.54, 1.807) is 6.08 Å². The number of nitrogens with one attached hydrogen (secondary N) is 1. The van der Waals surface area contributed by atoms with Crippen molar-refractivity contribution >= 4 is 12.0 Å². The van der Waals surface area contributed by atoms with Crippen molar-refractivity contribution in [3.63, 3.8) is 0 Å². The molecule has 0 unspecified atom stereocenters. The quantitative estimate of drug-likeness (QED) is 0.741. The number of carbonyl (C=O) groups is 1. The first-order valence-electron chi connectivity index (χ1n) is 9.20. The first-order chi connectivity index (χ1) is 12.4. The van der Waals surface area contributed by atoms with E-state index in [-0.39, 0.29) is 5.91 Å². The number of aromatic nitrogens is 2. The predicted octanol–water partition coefficient (Wildman–Crippen LogP) is 3.21. The fraction of sp³-hybridized carbons (Fsp3) is 0.429. The lowest BCUT2D eigenvalue weighted by molar-refractivity contribution is -0.116. The Morgan fingerprint density at radius 3 is 2.31 bits per heavy atom. The third-order valence-corrected chi connectivity index (χ3v) is 4.76. The Labute approximate surface area is 156 Å². The van der Waals surface area contributed by atoms with E-state index in [2.05, 4.69) is 53.4 Å². The second-order valence-corrected chi connectivity index (χ2v) is 6.54. The molecule has 0 aliphatic rings. The molecule has 140 valence electrons. The summed E-state index contributed by atoms with van der Waals surface area (Å²) in [6, 6.07) is 8.44. The van der Waals surface area contributed by atoms with Crippen LogP contribution in [0.3, 0.4) is 0 Å². The van der Waals surface area contributed by atoms with Crippen LogP contribution in [0.5, 0.6) is 0 Å². The zero-order valence-corrected chi connectivity index (χ0v) is 16.5. The van der Waals surface area contributed by atoms with Gasteiger partial charge in [-0.25, -0.2) is 0 Å². The van der Waals surface area contributed by atoms with E-state index in [1.807, 2.05) is 31.7 Å². The molecule has 0 atom stereocenters. The topological polar surface area (TPSA) is 50.2 Å². The lowest BCUT2D eigenvalue weighted by Gasteiger charge is -2.18. The first-order valence-corrected chi connectivity index (χ1v) is 9.20. The maximum Gasteiger partial charge on any atom is 0.244 e. The summed E-state index contributed by atoms with van der Waals surface area (Å²) in [6.45, 7) is 11.9. The van der Waals surface area contributed by atoms with Crippen molar-refractivity contribution in [2.24, 2.45) is 7.05 Å². The number of hydrogen-bond acceptors (Lipinski definition) is 3. The van der Waals surface area contributed by atoms with Crippen molar-refractivity contribution in [3.05, 3.63) is 58.4 Å². The monoisotopic (exact) mass is 354 g/mol. The Bertz CT molecular complexity index is 755. The van der Waals surface area contributed by atoms with Crippen LogP contribution in [-0.4, -0.2) is 33.7 Å². The summed E-state index contributed by atoms with van der Waals surface area (Å²) in [5.41, 5.74) is 5.38. The van der Waals surface area contributed by atoms with Gasteiger partial charge in [0.25, 0.3) is 0 Å². The van der Waals surface area contributed by atoms with Crippen LogP contribution in [0.15, 0.2) is 30.3 Å². The number of carbonyl (C=O) groups excluding carboxylic acids is 1. The highest BCUT2D eigenvalue weighted by atomic mass is 16.1. The molecule has 1 aromatic carbocycles. The van der Waals surface area contributed by atoms with Crippen LogP contribution in [0.1, 0.15) is 41.9 Å². The van der Waals surface area contributed by atoms with Gasteiger partial charge in [-0.15, -0.1) is 0 Å². The Hall–Kier alpha value is -2.40. The average molecular weight is 354 g/mol. The molecule has 0 spiro atoms. The summed E-state index contributed by atoms with van der Waals surface area (Å²) >= 11 is 0. The fourth-order valence-corrected chi connectivity index (χ4v) is 2.91. The van der Waals surface area contributed by atoms with Crippen LogP contribution in [0, 0.1) is 13.8 Å². The van der Waals surface area contributed by atoms with E-state index < -0.39 is 0 Å². The highest BCUT2D eigenvalue weighted by molar-refractivity contribution is 5.91. The van der Waals surface area contributed by atoms with Crippen molar-refractivity contribution in [1.82, 2.24) is 20.0 Å². The molecule has 1 aromatic heterocycles. The number of aryl methyl sites for hydroxylation is 2. The first kappa shape index (κ1) is 19.9. The van der Waals surface area contributed by atoms with Crippen LogP contribution in [0.4, 0.5) is 0 Å². The molecule has 0 saturated carbocycles. The lowest BCUT2D eigenvalue weighted by Crippen LogP contribution is -2.22. The molecule has 0 radical (unpaired) electrons. The van der Waals surface area contributed by atoms with Gasteiger partial charge in [-0.05, 0) is 44.1 Å². The summed E-state index contributed by atoms with van der Waals surface area (Å²) in [5, 5.41) is 7.29. The number of benzene rings is 1.